The highest BCUT2D eigenvalue weighted by Crippen LogP contribution is 2.32. The van der Waals surface area contributed by atoms with Crippen LogP contribution >= 0.6 is 0 Å². The van der Waals surface area contributed by atoms with Gasteiger partial charge in [-0.25, -0.2) is 24.4 Å². The van der Waals surface area contributed by atoms with Gasteiger partial charge in [0.05, 0.1) is 30.9 Å². The first-order valence-electron chi connectivity index (χ1n) is 9.73. The normalized spacial score (nSPS) is 19.3. The predicted molar refractivity (Wildman–Crippen MR) is 102 cm³/mol. The van der Waals surface area contributed by atoms with Crippen LogP contribution in [-0.2, 0) is 9.63 Å². The molecule has 0 unspecified atom stereocenters. The molecule has 4 heterocycles. The molecule has 0 aromatic carbocycles. The molecule has 0 bridgehead atoms. The van der Waals surface area contributed by atoms with Crippen LogP contribution in [0.25, 0.3) is 0 Å². The van der Waals surface area contributed by atoms with Crippen molar-refractivity contribution in [1.82, 2.24) is 25.0 Å². The van der Waals surface area contributed by atoms with E-state index in [-0.39, 0.29) is 23.5 Å². The van der Waals surface area contributed by atoms with E-state index in [2.05, 4.69) is 19.9 Å². The molecule has 2 aromatic heterocycles. The molecule has 2 fully saturated rings. The summed E-state index contributed by atoms with van der Waals surface area (Å²) in [6.07, 6.45) is 5.38. The van der Waals surface area contributed by atoms with Crippen molar-refractivity contribution in [2.45, 2.75) is 25.3 Å². The molecule has 31 heavy (non-hydrogen) atoms. The molecule has 0 saturated carbocycles. The van der Waals surface area contributed by atoms with E-state index in [4.69, 9.17) is 15.8 Å². The Kier molecular flexibility index (Phi) is 5.68. The minimum atomic E-state index is -0.966. The lowest BCUT2D eigenvalue weighted by Crippen LogP contribution is -2.42. The monoisotopic (exact) mass is 426 g/mol. The molecule has 2 aromatic rings. The molecule has 0 spiro atoms. The molecule has 0 radical (unpaired) electrons. The van der Waals surface area contributed by atoms with Gasteiger partial charge in [-0.2, -0.15) is 5.26 Å². The number of hydrogen-bond donors (Lipinski definition) is 1. The van der Waals surface area contributed by atoms with E-state index in [0.29, 0.717) is 44.7 Å². The molecule has 2 aliphatic rings. The summed E-state index contributed by atoms with van der Waals surface area (Å²) in [6.45, 7) is 1.26. The van der Waals surface area contributed by atoms with Crippen molar-refractivity contribution in [3.63, 3.8) is 0 Å². The van der Waals surface area contributed by atoms with Crippen LogP contribution in [0.15, 0.2) is 18.6 Å². The number of carbonyl (C=O) groups excluding carboxylic acids is 2. The molecular weight excluding hydrogens is 407 g/mol. The Morgan fingerprint density at radius 3 is 2.68 bits per heavy atom. The van der Waals surface area contributed by atoms with E-state index in [9.17, 15) is 14.0 Å². The molecule has 2 aliphatic heterocycles. The number of piperidine rings is 1. The number of rotatable bonds is 4. The Balaban J connectivity index is 1.43. The van der Waals surface area contributed by atoms with Crippen LogP contribution in [0.4, 0.5) is 10.3 Å². The molecular formula is C19H19FN8O3. The van der Waals surface area contributed by atoms with Gasteiger partial charge in [-0.3, -0.25) is 19.4 Å². The van der Waals surface area contributed by atoms with Crippen LogP contribution in [0.1, 0.15) is 47.2 Å². The van der Waals surface area contributed by atoms with Crippen molar-refractivity contribution in [2.24, 2.45) is 11.7 Å². The molecule has 2 N–H and O–H groups in total. The van der Waals surface area contributed by atoms with Gasteiger partial charge in [0.15, 0.2) is 17.2 Å². The van der Waals surface area contributed by atoms with E-state index >= 15 is 0 Å². The van der Waals surface area contributed by atoms with E-state index in [1.54, 1.807) is 4.90 Å². The third-order valence-electron chi connectivity index (χ3n) is 5.32. The highest BCUT2D eigenvalue weighted by molar-refractivity contribution is 5.91. The summed E-state index contributed by atoms with van der Waals surface area (Å²) in [7, 11) is 0. The van der Waals surface area contributed by atoms with Crippen molar-refractivity contribution < 1.29 is 18.8 Å². The van der Waals surface area contributed by atoms with Gasteiger partial charge < -0.3 is 10.6 Å². The molecule has 0 aliphatic carbocycles. The van der Waals surface area contributed by atoms with E-state index in [0.717, 1.165) is 6.20 Å². The number of carbonyl (C=O) groups is 2. The van der Waals surface area contributed by atoms with Gasteiger partial charge in [0, 0.05) is 25.4 Å². The van der Waals surface area contributed by atoms with Crippen molar-refractivity contribution in [2.75, 3.05) is 24.6 Å². The van der Waals surface area contributed by atoms with Gasteiger partial charge in [0.1, 0.15) is 12.1 Å². The van der Waals surface area contributed by atoms with Gasteiger partial charge in [0.25, 0.3) is 5.91 Å². The number of hydrogen-bond acceptors (Lipinski definition) is 9. The van der Waals surface area contributed by atoms with Crippen LogP contribution in [0.5, 0.6) is 0 Å². The maximum atomic E-state index is 13.6. The second-order valence-electron chi connectivity index (χ2n) is 7.23. The lowest BCUT2D eigenvalue weighted by molar-refractivity contribution is -0.182. The molecule has 160 valence electrons. The Morgan fingerprint density at radius 2 is 1.97 bits per heavy atom. The van der Waals surface area contributed by atoms with Crippen LogP contribution < -0.4 is 10.6 Å². The number of nitrogens with two attached hydrogens (primary N) is 1. The van der Waals surface area contributed by atoms with Gasteiger partial charge >= 0.3 is 0 Å². The Labute approximate surface area is 176 Å². The predicted octanol–water partition coefficient (Wildman–Crippen LogP) is 0.498. The summed E-state index contributed by atoms with van der Waals surface area (Å²) in [5.41, 5.74) is 5.38. The summed E-state index contributed by atoms with van der Waals surface area (Å²) in [4.78, 5) is 47.9. The quantitative estimate of drug-likeness (QED) is 0.736. The number of nitriles is 1. The van der Waals surface area contributed by atoms with Gasteiger partial charge in [-0.15, -0.1) is 0 Å². The number of halogens is 1. The fraction of sp³-hybridized carbons (Fsp3) is 0.421. The van der Waals surface area contributed by atoms with Gasteiger partial charge in [0.2, 0.25) is 11.9 Å². The summed E-state index contributed by atoms with van der Waals surface area (Å²) >= 11 is 0. The van der Waals surface area contributed by atoms with Gasteiger partial charge in [-0.05, 0) is 12.8 Å². The van der Waals surface area contributed by atoms with Crippen LogP contribution in [0.2, 0.25) is 0 Å². The zero-order valence-electron chi connectivity index (χ0n) is 16.4. The maximum Gasteiger partial charge on any atom is 0.270 e. The number of amides is 2. The lowest BCUT2D eigenvalue weighted by atomic mass is 9.95. The first-order chi connectivity index (χ1) is 15.0. The Hall–Kier alpha value is -3.72. The highest BCUT2D eigenvalue weighted by atomic mass is 19.1. The van der Waals surface area contributed by atoms with Crippen molar-refractivity contribution in [1.29, 1.82) is 5.26 Å². The summed E-state index contributed by atoms with van der Waals surface area (Å²) in [6, 6.07) is 1.55. The summed E-state index contributed by atoms with van der Waals surface area (Å²) in [5, 5.41) is 10.4. The first kappa shape index (κ1) is 20.5. The van der Waals surface area contributed by atoms with Gasteiger partial charge in [-0.1, -0.05) is 0 Å². The fourth-order valence-corrected chi connectivity index (χ4v) is 3.74. The molecule has 2 saturated heterocycles. The minimum absolute atomic E-state index is 0.163. The summed E-state index contributed by atoms with van der Waals surface area (Å²) in [5.74, 6) is -2.10. The molecule has 1 atom stereocenters. The number of nitrogens with zero attached hydrogens (tertiary/aromatic N) is 7. The maximum absolute atomic E-state index is 13.6. The zero-order valence-corrected chi connectivity index (χ0v) is 16.4. The largest absolute Gasteiger partial charge is 0.364 e. The Morgan fingerprint density at radius 1 is 1.19 bits per heavy atom. The lowest BCUT2D eigenvalue weighted by Gasteiger charge is -2.33. The SMILES string of the molecule is N#Cc1cncc([C@@H]2CCON2C(=O)C2CCN(c3ncc(F)c(C(N)=O)n3)CC2)n1. The standard InChI is InChI=1S/C19H19FN8O3/c20-13-9-24-19(26-16(13)17(22)29)27-4-1-11(2-5-27)18(30)28-15(3-6-31-28)14-10-23-8-12(7-21)25-14/h8-11,15H,1-6H2,(H2,22,29)/t15-/m0/s1. The molecule has 11 nitrogen and oxygen atoms in total. The number of primary amides is 1. The first-order valence-corrected chi connectivity index (χ1v) is 9.73. The topological polar surface area (TPSA) is 151 Å². The average molecular weight is 426 g/mol. The van der Waals surface area contributed by atoms with Crippen LogP contribution in [0, 0.1) is 23.1 Å². The molecule has 2 amide bonds. The fourth-order valence-electron chi connectivity index (χ4n) is 3.74. The molecule has 12 heteroatoms. The highest BCUT2D eigenvalue weighted by Gasteiger charge is 2.38. The third kappa shape index (κ3) is 4.13. The van der Waals surface area contributed by atoms with Crippen molar-refractivity contribution >= 4 is 17.8 Å². The van der Waals surface area contributed by atoms with E-state index in [1.807, 2.05) is 6.07 Å². The van der Waals surface area contributed by atoms with Crippen LogP contribution in [0.3, 0.4) is 0 Å². The smallest absolute Gasteiger partial charge is 0.270 e. The van der Waals surface area contributed by atoms with Crippen molar-refractivity contribution in [3.05, 3.63) is 41.5 Å². The second-order valence-corrected chi connectivity index (χ2v) is 7.23. The number of aromatic nitrogens is 4. The number of hydroxylamine groups is 2. The Bertz CT molecular complexity index is 1050. The third-order valence-corrected chi connectivity index (χ3v) is 5.32. The summed E-state index contributed by atoms with van der Waals surface area (Å²) < 4.78 is 13.6. The zero-order chi connectivity index (χ0) is 22.0. The number of anilines is 1. The molecule has 4 rings (SSSR count). The van der Waals surface area contributed by atoms with E-state index in [1.165, 1.54) is 17.5 Å². The van der Waals surface area contributed by atoms with E-state index < -0.39 is 23.5 Å². The second kappa shape index (κ2) is 8.57. The van der Waals surface area contributed by atoms with Crippen molar-refractivity contribution in [3.8, 4) is 6.07 Å². The average Bonchev–Trinajstić information content (AvgIpc) is 3.29. The minimum Gasteiger partial charge on any atom is -0.364 e. The van der Waals surface area contributed by atoms with Crippen LogP contribution in [-0.4, -0.2) is 56.5 Å².